The summed E-state index contributed by atoms with van der Waals surface area (Å²) in [6.07, 6.45) is 0. The number of sulfone groups is 1. The van der Waals surface area contributed by atoms with Crippen LogP contribution in [0.25, 0.3) is 21.9 Å². The summed E-state index contributed by atoms with van der Waals surface area (Å²) in [7, 11) is -3.65. The summed E-state index contributed by atoms with van der Waals surface area (Å²) in [6.45, 7) is 6.28. The number of nitrogens with one attached hydrogen (secondary N) is 2. The zero-order valence-electron chi connectivity index (χ0n) is 16.9. The maximum atomic E-state index is 15.0. The molecular weight excluding hydrogens is 427 g/mol. The maximum Gasteiger partial charge on any atom is 0.247 e. The second kappa shape index (κ2) is 6.71. The van der Waals surface area contributed by atoms with E-state index in [1.165, 1.54) is 19.9 Å². The largest absolute Gasteiger partial charge is 0.421 e. The van der Waals surface area contributed by atoms with E-state index in [-0.39, 0.29) is 16.5 Å². The van der Waals surface area contributed by atoms with Gasteiger partial charge in [0.05, 0.1) is 16.2 Å². The van der Waals surface area contributed by atoms with Gasteiger partial charge in [-0.05, 0) is 44.5 Å². The van der Waals surface area contributed by atoms with Gasteiger partial charge in [-0.1, -0.05) is 12.1 Å². The molecule has 10 heteroatoms. The molecule has 2 N–H and O–H groups in total. The summed E-state index contributed by atoms with van der Waals surface area (Å²) in [4.78, 5) is 0.887. The van der Waals surface area contributed by atoms with Gasteiger partial charge in [0.15, 0.2) is 9.84 Å². The Bertz CT molecular complexity index is 1260. The fraction of sp³-hybridized carbons (Fsp3) is 0.350. The van der Waals surface area contributed by atoms with Crippen molar-refractivity contribution in [1.82, 2.24) is 15.5 Å². The molecule has 30 heavy (non-hydrogen) atoms. The van der Waals surface area contributed by atoms with E-state index in [1.54, 1.807) is 13.8 Å². The molecule has 4 rings (SSSR count). The van der Waals surface area contributed by atoms with Gasteiger partial charge in [0.2, 0.25) is 11.8 Å². The number of aryl methyl sites for hydroxylation is 1. The molecule has 1 fully saturated rings. The fourth-order valence-electron chi connectivity index (χ4n) is 3.41. The van der Waals surface area contributed by atoms with Gasteiger partial charge in [-0.25, -0.2) is 12.8 Å². The molecule has 7 nitrogen and oxygen atoms in total. The Hall–Kier alpha value is -2.59. The molecule has 1 aromatic carbocycles. The average Bonchev–Trinajstić information content (AvgIpc) is 3.26. The van der Waals surface area contributed by atoms with E-state index in [1.807, 2.05) is 24.3 Å². The zero-order valence-corrected chi connectivity index (χ0v) is 18.5. The van der Waals surface area contributed by atoms with E-state index in [2.05, 4.69) is 15.5 Å². The summed E-state index contributed by atoms with van der Waals surface area (Å²) < 4.78 is 44.7. The van der Waals surface area contributed by atoms with Crippen molar-refractivity contribution in [3.63, 3.8) is 0 Å². The summed E-state index contributed by atoms with van der Waals surface area (Å²) in [5.41, 5.74) is 0.229. The lowest BCUT2D eigenvalue weighted by atomic mass is 9.99. The molecule has 0 saturated carbocycles. The van der Waals surface area contributed by atoms with E-state index in [9.17, 15) is 12.8 Å². The van der Waals surface area contributed by atoms with Gasteiger partial charge in [-0.15, -0.1) is 21.5 Å². The van der Waals surface area contributed by atoms with E-state index in [0.717, 1.165) is 16.9 Å². The van der Waals surface area contributed by atoms with Crippen molar-refractivity contribution in [2.45, 2.75) is 38.0 Å². The van der Waals surface area contributed by atoms with Crippen molar-refractivity contribution in [2.24, 2.45) is 0 Å². The number of aromatic nitrogens is 2. The Balaban J connectivity index is 1.74. The molecule has 3 heterocycles. The van der Waals surface area contributed by atoms with E-state index < -0.39 is 25.9 Å². The van der Waals surface area contributed by atoms with E-state index in [0.29, 0.717) is 22.2 Å². The van der Waals surface area contributed by atoms with Crippen LogP contribution in [0.5, 0.6) is 0 Å². The molecule has 1 atom stereocenters. The van der Waals surface area contributed by atoms with E-state index in [4.69, 9.17) is 9.83 Å². The number of benzene rings is 1. The van der Waals surface area contributed by atoms with Crippen molar-refractivity contribution in [2.75, 3.05) is 5.75 Å². The van der Waals surface area contributed by atoms with Gasteiger partial charge in [0, 0.05) is 17.4 Å². The molecule has 3 aromatic rings. The highest BCUT2D eigenvalue weighted by Gasteiger charge is 2.51. The predicted molar refractivity (Wildman–Crippen MR) is 114 cm³/mol. The minimum Gasteiger partial charge on any atom is -0.421 e. The van der Waals surface area contributed by atoms with Crippen LogP contribution >= 0.6 is 11.3 Å². The Morgan fingerprint density at radius 2 is 1.90 bits per heavy atom. The highest BCUT2D eigenvalue weighted by molar-refractivity contribution is 7.93. The molecule has 0 bridgehead atoms. The quantitative estimate of drug-likeness (QED) is 0.629. The smallest absolute Gasteiger partial charge is 0.247 e. The van der Waals surface area contributed by atoms with Crippen LogP contribution in [0.15, 0.2) is 34.7 Å². The van der Waals surface area contributed by atoms with Crippen molar-refractivity contribution < 1.29 is 17.2 Å². The van der Waals surface area contributed by atoms with Gasteiger partial charge in [0.25, 0.3) is 0 Å². The first-order chi connectivity index (χ1) is 13.9. The van der Waals surface area contributed by atoms with Gasteiger partial charge in [-0.3, -0.25) is 5.41 Å². The summed E-state index contributed by atoms with van der Waals surface area (Å²) in [5, 5.41) is 19.0. The van der Waals surface area contributed by atoms with Crippen LogP contribution in [-0.2, 0) is 15.4 Å². The molecule has 0 aliphatic carbocycles. The standard InChI is InChI=1S/C20H21FN4O3S2/c1-11-24-25-17(28-11)13-7-5-6-12(8-13)15-9-14(21)16(29-15)20(4)10-30(26,27)19(2,3)18(22)23-20/h5-9H,10H2,1-4H3,(H2,22,23)/t20-/m0/s1. The molecule has 158 valence electrons. The SMILES string of the molecule is Cc1nnc(-c2cccc(-c3cc(F)c([C@]4(C)CS(=O)(=O)C(C)(C)C(=N)N4)s3)c2)o1. The normalized spacial score (nSPS) is 22.6. The Morgan fingerprint density at radius 1 is 1.20 bits per heavy atom. The maximum absolute atomic E-state index is 15.0. The van der Waals surface area contributed by atoms with Gasteiger partial charge >= 0.3 is 0 Å². The molecule has 0 amide bonds. The number of amidine groups is 1. The lowest BCUT2D eigenvalue weighted by Crippen LogP contribution is -2.63. The average molecular weight is 449 g/mol. The highest BCUT2D eigenvalue weighted by Crippen LogP contribution is 2.41. The first kappa shape index (κ1) is 20.7. The molecule has 1 saturated heterocycles. The highest BCUT2D eigenvalue weighted by atomic mass is 32.2. The second-order valence-electron chi connectivity index (χ2n) is 8.10. The Kier molecular flexibility index (Phi) is 4.62. The molecule has 0 spiro atoms. The molecule has 0 radical (unpaired) electrons. The zero-order chi connectivity index (χ0) is 21.9. The lowest BCUT2D eigenvalue weighted by molar-refractivity contribution is 0.432. The third kappa shape index (κ3) is 3.24. The topological polar surface area (TPSA) is 109 Å². The number of hydrogen-bond acceptors (Lipinski definition) is 7. The lowest BCUT2D eigenvalue weighted by Gasteiger charge is -2.42. The van der Waals surface area contributed by atoms with Crippen molar-refractivity contribution >= 4 is 27.0 Å². The van der Waals surface area contributed by atoms with Crippen LogP contribution < -0.4 is 5.32 Å². The Morgan fingerprint density at radius 3 is 2.53 bits per heavy atom. The third-order valence-corrected chi connectivity index (χ3v) is 9.51. The van der Waals surface area contributed by atoms with Gasteiger partial charge in [-0.2, -0.15) is 0 Å². The van der Waals surface area contributed by atoms with Crippen LogP contribution in [0.4, 0.5) is 4.39 Å². The van der Waals surface area contributed by atoms with Crippen LogP contribution in [0.2, 0.25) is 0 Å². The third-order valence-electron chi connectivity index (χ3n) is 5.37. The number of hydrogen-bond donors (Lipinski definition) is 2. The van der Waals surface area contributed by atoms with Crippen molar-refractivity contribution in [1.29, 1.82) is 5.41 Å². The number of rotatable bonds is 3. The Labute approximate surface area is 177 Å². The molecule has 1 aliphatic heterocycles. The van der Waals surface area contributed by atoms with Gasteiger partial charge in [0.1, 0.15) is 16.4 Å². The molecule has 1 aliphatic rings. The number of halogens is 1. The second-order valence-corrected chi connectivity index (χ2v) is 11.7. The summed E-state index contributed by atoms with van der Waals surface area (Å²) in [5.74, 6) is -0.129. The summed E-state index contributed by atoms with van der Waals surface area (Å²) in [6, 6.07) is 8.67. The molecule has 0 unspecified atom stereocenters. The minimum atomic E-state index is -3.65. The van der Waals surface area contributed by atoms with Gasteiger partial charge < -0.3 is 9.73 Å². The number of nitrogens with zero attached hydrogens (tertiary/aromatic N) is 2. The first-order valence-corrected chi connectivity index (χ1v) is 11.7. The monoisotopic (exact) mass is 448 g/mol. The van der Waals surface area contributed by atoms with Crippen molar-refractivity contribution in [3.8, 4) is 21.9 Å². The minimum absolute atomic E-state index is 0.139. The molecular formula is C20H21FN4O3S2. The van der Waals surface area contributed by atoms with Crippen LogP contribution in [-0.4, -0.2) is 35.0 Å². The first-order valence-electron chi connectivity index (χ1n) is 9.23. The van der Waals surface area contributed by atoms with Crippen molar-refractivity contribution in [3.05, 3.63) is 46.9 Å². The van der Waals surface area contributed by atoms with Crippen LogP contribution in [0.3, 0.4) is 0 Å². The van der Waals surface area contributed by atoms with E-state index >= 15 is 0 Å². The molecule has 2 aromatic heterocycles. The number of thiophene rings is 1. The van der Waals surface area contributed by atoms with Crippen LogP contribution in [0, 0.1) is 18.2 Å². The predicted octanol–water partition coefficient (Wildman–Crippen LogP) is 3.90. The van der Waals surface area contributed by atoms with Crippen LogP contribution in [0.1, 0.15) is 31.5 Å². The fourth-order valence-corrected chi connectivity index (χ4v) is 6.33. The summed E-state index contributed by atoms with van der Waals surface area (Å²) >= 11 is 1.16.